The number of likely N-dealkylation sites (tertiary alicyclic amines) is 1. The topological polar surface area (TPSA) is 44.4 Å². The summed E-state index contributed by atoms with van der Waals surface area (Å²) in [6.45, 7) is 9.35. The number of hydrogen-bond donors (Lipinski definition) is 2. The molecule has 1 aliphatic heterocycles. The molecular weight excluding hydrogens is 214 g/mol. The van der Waals surface area contributed by atoms with Crippen molar-refractivity contribution in [1.29, 1.82) is 0 Å². The lowest BCUT2D eigenvalue weighted by Gasteiger charge is -2.35. The van der Waals surface area contributed by atoms with Gasteiger partial charge in [-0.1, -0.05) is 6.92 Å². The van der Waals surface area contributed by atoms with Crippen molar-refractivity contribution in [2.45, 2.75) is 45.7 Å². The Labute approximate surface area is 105 Å². The van der Waals surface area contributed by atoms with Crippen LogP contribution >= 0.6 is 0 Å². The third-order valence-corrected chi connectivity index (χ3v) is 3.32. The summed E-state index contributed by atoms with van der Waals surface area (Å²) in [5, 5.41) is 6.42. The van der Waals surface area contributed by atoms with Crippen molar-refractivity contribution in [1.82, 2.24) is 15.5 Å². The van der Waals surface area contributed by atoms with Crippen LogP contribution in [-0.4, -0.2) is 49.6 Å². The Morgan fingerprint density at radius 2 is 2.18 bits per heavy atom. The molecule has 1 fully saturated rings. The number of rotatable bonds is 5. The Morgan fingerprint density at radius 1 is 1.47 bits per heavy atom. The molecule has 100 valence electrons. The van der Waals surface area contributed by atoms with Crippen LogP contribution in [0, 0.1) is 5.92 Å². The van der Waals surface area contributed by atoms with Crippen LogP contribution in [0.2, 0.25) is 0 Å². The lowest BCUT2D eigenvalue weighted by Crippen LogP contribution is -2.47. The van der Waals surface area contributed by atoms with Crippen LogP contribution in [0.5, 0.6) is 0 Å². The highest BCUT2D eigenvalue weighted by Gasteiger charge is 2.23. The third-order valence-electron chi connectivity index (χ3n) is 3.32. The predicted octanol–water partition coefficient (Wildman–Crippen LogP) is 0.831. The maximum atomic E-state index is 11.5. The van der Waals surface area contributed by atoms with E-state index in [0.29, 0.717) is 18.4 Å². The SMILES string of the molecule is CC(C)NC(=O)CCNC1CCN(C)CC1C. The molecule has 1 rings (SSSR count). The van der Waals surface area contributed by atoms with Gasteiger partial charge in [-0.3, -0.25) is 4.79 Å². The van der Waals surface area contributed by atoms with Crippen molar-refractivity contribution in [3.8, 4) is 0 Å². The number of carbonyl (C=O) groups excluding carboxylic acids is 1. The van der Waals surface area contributed by atoms with Crippen LogP contribution in [0.4, 0.5) is 0 Å². The first-order chi connectivity index (χ1) is 7.99. The van der Waals surface area contributed by atoms with E-state index in [1.54, 1.807) is 0 Å². The van der Waals surface area contributed by atoms with Crippen molar-refractivity contribution >= 4 is 5.91 Å². The molecule has 1 heterocycles. The molecule has 0 spiro atoms. The van der Waals surface area contributed by atoms with Crippen LogP contribution in [0.1, 0.15) is 33.6 Å². The van der Waals surface area contributed by atoms with Gasteiger partial charge in [-0.15, -0.1) is 0 Å². The van der Waals surface area contributed by atoms with Gasteiger partial charge in [0.25, 0.3) is 0 Å². The lowest BCUT2D eigenvalue weighted by molar-refractivity contribution is -0.121. The molecule has 0 aromatic carbocycles. The first-order valence-corrected chi connectivity index (χ1v) is 6.70. The average molecular weight is 241 g/mol. The van der Waals surface area contributed by atoms with E-state index in [4.69, 9.17) is 0 Å². The van der Waals surface area contributed by atoms with Crippen LogP contribution in [0.25, 0.3) is 0 Å². The third kappa shape index (κ3) is 5.50. The van der Waals surface area contributed by atoms with Crippen molar-refractivity contribution < 1.29 is 4.79 Å². The number of carbonyl (C=O) groups is 1. The van der Waals surface area contributed by atoms with Gasteiger partial charge in [0.05, 0.1) is 0 Å². The zero-order valence-corrected chi connectivity index (χ0v) is 11.6. The molecule has 1 saturated heterocycles. The minimum absolute atomic E-state index is 0.146. The molecule has 0 bridgehead atoms. The Kier molecular flexibility index (Phi) is 5.92. The van der Waals surface area contributed by atoms with E-state index in [2.05, 4.69) is 29.5 Å². The molecule has 0 aromatic heterocycles. The highest BCUT2D eigenvalue weighted by molar-refractivity contribution is 5.76. The van der Waals surface area contributed by atoms with E-state index < -0.39 is 0 Å². The van der Waals surface area contributed by atoms with E-state index >= 15 is 0 Å². The smallest absolute Gasteiger partial charge is 0.221 e. The number of nitrogens with zero attached hydrogens (tertiary/aromatic N) is 1. The number of hydrogen-bond acceptors (Lipinski definition) is 3. The molecule has 0 aromatic rings. The summed E-state index contributed by atoms with van der Waals surface area (Å²) in [5.74, 6) is 0.815. The molecule has 1 aliphatic rings. The minimum Gasteiger partial charge on any atom is -0.354 e. The summed E-state index contributed by atoms with van der Waals surface area (Å²) < 4.78 is 0. The van der Waals surface area contributed by atoms with Gasteiger partial charge in [0, 0.05) is 31.6 Å². The normalized spacial score (nSPS) is 26.2. The molecule has 4 heteroatoms. The Balaban J connectivity index is 2.16. The van der Waals surface area contributed by atoms with E-state index in [-0.39, 0.29) is 11.9 Å². The second-order valence-electron chi connectivity index (χ2n) is 5.56. The zero-order chi connectivity index (χ0) is 12.8. The molecular formula is C13H27N3O. The van der Waals surface area contributed by atoms with Gasteiger partial charge >= 0.3 is 0 Å². The summed E-state index contributed by atoms with van der Waals surface area (Å²) >= 11 is 0. The number of amides is 1. The van der Waals surface area contributed by atoms with E-state index in [0.717, 1.165) is 19.6 Å². The fourth-order valence-corrected chi connectivity index (χ4v) is 2.42. The van der Waals surface area contributed by atoms with Crippen molar-refractivity contribution in [2.24, 2.45) is 5.92 Å². The summed E-state index contributed by atoms with van der Waals surface area (Å²) in [5.41, 5.74) is 0. The largest absolute Gasteiger partial charge is 0.354 e. The number of piperidine rings is 1. The van der Waals surface area contributed by atoms with Crippen molar-refractivity contribution in [3.05, 3.63) is 0 Å². The highest BCUT2D eigenvalue weighted by Crippen LogP contribution is 2.14. The Hall–Kier alpha value is -0.610. The fourth-order valence-electron chi connectivity index (χ4n) is 2.42. The summed E-state index contributed by atoms with van der Waals surface area (Å²) in [6, 6.07) is 0.808. The maximum Gasteiger partial charge on any atom is 0.221 e. The molecule has 0 aliphatic carbocycles. The fraction of sp³-hybridized carbons (Fsp3) is 0.923. The van der Waals surface area contributed by atoms with Gasteiger partial charge in [0.2, 0.25) is 5.91 Å². The maximum absolute atomic E-state index is 11.5. The van der Waals surface area contributed by atoms with Gasteiger partial charge < -0.3 is 15.5 Å². The molecule has 0 radical (unpaired) electrons. The first-order valence-electron chi connectivity index (χ1n) is 6.70. The first kappa shape index (κ1) is 14.5. The molecule has 1 amide bonds. The molecule has 2 atom stereocenters. The minimum atomic E-state index is 0.146. The van der Waals surface area contributed by atoms with Crippen LogP contribution in [0.3, 0.4) is 0 Å². The molecule has 2 N–H and O–H groups in total. The zero-order valence-electron chi connectivity index (χ0n) is 11.6. The second kappa shape index (κ2) is 6.97. The quantitative estimate of drug-likeness (QED) is 0.749. The van der Waals surface area contributed by atoms with Gasteiger partial charge in [-0.2, -0.15) is 0 Å². The number of nitrogens with one attached hydrogen (secondary N) is 2. The summed E-state index contributed by atoms with van der Waals surface area (Å²) in [6.07, 6.45) is 1.76. The van der Waals surface area contributed by atoms with Crippen molar-refractivity contribution in [2.75, 3.05) is 26.7 Å². The van der Waals surface area contributed by atoms with Gasteiger partial charge in [-0.25, -0.2) is 0 Å². The second-order valence-corrected chi connectivity index (χ2v) is 5.56. The van der Waals surface area contributed by atoms with E-state index in [1.165, 1.54) is 6.42 Å². The van der Waals surface area contributed by atoms with E-state index in [9.17, 15) is 4.79 Å². The van der Waals surface area contributed by atoms with Crippen molar-refractivity contribution in [3.63, 3.8) is 0 Å². The monoisotopic (exact) mass is 241 g/mol. The standard InChI is InChI=1S/C13H27N3O/c1-10(2)15-13(17)5-7-14-12-6-8-16(4)9-11(12)3/h10-12,14H,5-9H2,1-4H3,(H,15,17). The molecule has 2 unspecified atom stereocenters. The van der Waals surface area contributed by atoms with Gasteiger partial charge in [-0.05, 0) is 39.8 Å². The Bertz CT molecular complexity index is 243. The molecule has 0 saturated carbocycles. The van der Waals surface area contributed by atoms with Crippen LogP contribution in [-0.2, 0) is 4.79 Å². The van der Waals surface area contributed by atoms with Crippen LogP contribution < -0.4 is 10.6 Å². The average Bonchev–Trinajstić information content (AvgIpc) is 2.20. The predicted molar refractivity (Wildman–Crippen MR) is 71.0 cm³/mol. The van der Waals surface area contributed by atoms with Gasteiger partial charge in [0.15, 0.2) is 0 Å². The summed E-state index contributed by atoms with van der Waals surface area (Å²) in [7, 11) is 2.17. The van der Waals surface area contributed by atoms with Crippen LogP contribution in [0.15, 0.2) is 0 Å². The Morgan fingerprint density at radius 3 is 2.76 bits per heavy atom. The van der Waals surface area contributed by atoms with Gasteiger partial charge in [0.1, 0.15) is 0 Å². The highest BCUT2D eigenvalue weighted by atomic mass is 16.1. The van der Waals surface area contributed by atoms with E-state index in [1.807, 2.05) is 13.8 Å². The lowest BCUT2D eigenvalue weighted by atomic mass is 9.94. The summed E-state index contributed by atoms with van der Waals surface area (Å²) in [4.78, 5) is 13.8. The molecule has 17 heavy (non-hydrogen) atoms. The molecule has 4 nitrogen and oxygen atoms in total.